The van der Waals surface area contributed by atoms with Crippen LogP contribution >= 0.6 is 0 Å². The summed E-state index contributed by atoms with van der Waals surface area (Å²) >= 11 is 0. The third-order valence-electron chi connectivity index (χ3n) is 6.90. The molecule has 29 heavy (non-hydrogen) atoms. The Bertz CT molecular complexity index is 665. The van der Waals surface area contributed by atoms with Crippen LogP contribution in [-0.4, -0.2) is 89.7 Å². The maximum Gasteiger partial charge on any atom is 0.253 e. The third kappa shape index (κ3) is 4.98. The van der Waals surface area contributed by atoms with Crippen molar-refractivity contribution >= 4 is 5.91 Å². The molecule has 4 heterocycles. The zero-order chi connectivity index (χ0) is 20.3. The minimum atomic E-state index is -0.0347. The predicted molar refractivity (Wildman–Crippen MR) is 114 cm³/mol. The Morgan fingerprint density at radius 1 is 1.14 bits per heavy atom. The molecule has 1 spiro atoms. The molecule has 0 aromatic carbocycles. The Kier molecular flexibility index (Phi) is 6.52. The van der Waals surface area contributed by atoms with Crippen LogP contribution in [0.25, 0.3) is 0 Å². The fourth-order valence-electron chi connectivity index (χ4n) is 5.28. The van der Waals surface area contributed by atoms with Crippen molar-refractivity contribution in [3.8, 4) is 0 Å². The molecule has 0 saturated carbocycles. The first-order valence-electron chi connectivity index (χ1n) is 11.3. The highest BCUT2D eigenvalue weighted by atomic mass is 16.5. The highest BCUT2D eigenvalue weighted by Crippen LogP contribution is 2.37. The van der Waals surface area contributed by atoms with Gasteiger partial charge >= 0.3 is 0 Å². The zero-order valence-corrected chi connectivity index (χ0v) is 18.1. The van der Waals surface area contributed by atoms with Crippen molar-refractivity contribution in [2.45, 2.75) is 51.2 Å². The van der Waals surface area contributed by atoms with Gasteiger partial charge in [-0.25, -0.2) is 0 Å². The molecule has 0 radical (unpaired) electrons. The third-order valence-corrected chi connectivity index (χ3v) is 6.90. The Morgan fingerprint density at radius 2 is 1.83 bits per heavy atom. The SMILES string of the molecule is CC(C)CN1CCN([C@@H]2CCOC3(CCN(C(=O)c4ccncc4)CC3)C2)CC1. The standard InChI is InChI=1S/C23H36N4O2/c1-19(2)18-25-12-14-26(15-13-25)21-5-16-29-23(17-21)6-10-27(11-7-23)22(28)20-3-8-24-9-4-20/h3-4,8-9,19,21H,5-7,10-18H2,1-2H3/t21-/m1/s1. The maximum atomic E-state index is 12.7. The average Bonchev–Trinajstić information content (AvgIpc) is 2.75. The summed E-state index contributed by atoms with van der Waals surface area (Å²) in [4.78, 5) is 24.0. The highest BCUT2D eigenvalue weighted by molar-refractivity contribution is 5.94. The fourth-order valence-corrected chi connectivity index (χ4v) is 5.28. The molecule has 3 fully saturated rings. The lowest BCUT2D eigenvalue weighted by Gasteiger charge is -2.49. The van der Waals surface area contributed by atoms with Crippen molar-refractivity contribution in [1.29, 1.82) is 0 Å². The summed E-state index contributed by atoms with van der Waals surface area (Å²) in [6.45, 7) is 13.0. The first-order valence-corrected chi connectivity index (χ1v) is 11.3. The molecule has 3 saturated heterocycles. The fraction of sp³-hybridized carbons (Fsp3) is 0.739. The topological polar surface area (TPSA) is 48.9 Å². The molecule has 1 amide bonds. The lowest BCUT2D eigenvalue weighted by molar-refractivity contribution is -0.132. The van der Waals surface area contributed by atoms with Gasteiger partial charge in [0.1, 0.15) is 0 Å². The molecule has 0 bridgehead atoms. The second-order valence-corrected chi connectivity index (χ2v) is 9.44. The molecular weight excluding hydrogens is 364 g/mol. The average molecular weight is 401 g/mol. The Labute approximate surface area is 175 Å². The largest absolute Gasteiger partial charge is 0.375 e. The summed E-state index contributed by atoms with van der Waals surface area (Å²) in [5, 5.41) is 0. The van der Waals surface area contributed by atoms with Crippen molar-refractivity contribution in [3.63, 3.8) is 0 Å². The molecule has 6 nitrogen and oxygen atoms in total. The number of carbonyl (C=O) groups excluding carboxylic acids is 1. The van der Waals surface area contributed by atoms with Crippen molar-refractivity contribution in [2.75, 3.05) is 52.4 Å². The number of carbonyl (C=O) groups is 1. The van der Waals surface area contributed by atoms with E-state index in [1.165, 1.54) is 32.7 Å². The first kappa shape index (κ1) is 20.8. The predicted octanol–water partition coefficient (Wildman–Crippen LogP) is 2.51. The lowest BCUT2D eigenvalue weighted by Crippen LogP contribution is -2.57. The van der Waals surface area contributed by atoms with Crippen LogP contribution in [0.5, 0.6) is 0 Å². The van der Waals surface area contributed by atoms with E-state index in [0.29, 0.717) is 6.04 Å². The number of likely N-dealkylation sites (tertiary alicyclic amines) is 1. The van der Waals surface area contributed by atoms with Gasteiger partial charge in [0.15, 0.2) is 0 Å². The number of amides is 1. The number of pyridine rings is 1. The Hall–Kier alpha value is -1.50. The van der Waals surface area contributed by atoms with Crippen molar-refractivity contribution in [3.05, 3.63) is 30.1 Å². The zero-order valence-electron chi connectivity index (χ0n) is 18.1. The number of ether oxygens (including phenoxy) is 1. The summed E-state index contributed by atoms with van der Waals surface area (Å²) in [5.41, 5.74) is 0.699. The summed E-state index contributed by atoms with van der Waals surface area (Å²) in [7, 11) is 0. The molecule has 1 atom stereocenters. The monoisotopic (exact) mass is 400 g/mol. The highest BCUT2D eigenvalue weighted by Gasteiger charge is 2.43. The molecule has 6 heteroatoms. The van der Waals surface area contributed by atoms with Gasteiger partial charge in [0.2, 0.25) is 0 Å². The smallest absolute Gasteiger partial charge is 0.253 e. The molecule has 1 aromatic rings. The second-order valence-electron chi connectivity index (χ2n) is 9.44. The molecule has 3 aliphatic rings. The minimum absolute atomic E-state index is 0.0347. The summed E-state index contributed by atoms with van der Waals surface area (Å²) < 4.78 is 6.35. The van der Waals surface area contributed by atoms with Gasteiger partial charge < -0.3 is 14.5 Å². The van der Waals surface area contributed by atoms with E-state index in [2.05, 4.69) is 28.6 Å². The number of nitrogens with zero attached hydrogens (tertiary/aromatic N) is 4. The van der Waals surface area contributed by atoms with E-state index in [0.717, 1.165) is 56.9 Å². The summed E-state index contributed by atoms with van der Waals surface area (Å²) in [6.07, 6.45) is 7.55. The second kappa shape index (κ2) is 9.11. The number of hydrogen-bond donors (Lipinski definition) is 0. The summed E-state index contributed by atoms with van der Waals surface area (Å²) in [6, 6.07) is 4.24. The van der Waals surface area contributed by atoms with Gasteiger partial charge in [-0.05, 0) is 43.7 Å². The number of rotatable bonds is 4. The van der Waals surface area contributed by atoms with Gasteiger partial charge in [-0.1, -0.05) is 13.8 Å². The number of aromatic nitrogens is 1. The first-order chi connectivity index (χ1) is 14.0. The molecule has 0 N–H and O–H groups in total. The van der Waals surface area contributed by atoms with Crippen LogP contribution < -0.4 is 0 Å². The van der Waals surface area contributed by atoms with Gasteiger partial charge in [-0.3, -0.25) is 14.7 Å². The Balaban J connectivity index is 1.29. The lowest BCUT2D eigenvalue weighted by atomic mass is 9.81. The number of piperazine rings is 1. The molecule has 0 aliphatic carbocycles. The molecule has 3 aliphatic heterocycles. The van der Waals surface area contributed by atoms with E-state index < -0.39 is 0 Å². The normalized spacial score (nSPS) is 26.2. The van der Waals surface area contributed by atoms with Crippen LogP contribution in [0.15, 0.2) is 24.5 Å². The van der Waals surface area contributed by atoms with Crippen LogP contribution in [-0.2, 0) is 4.74 Å². The molecule has 4 rings (SSSR count). The van der Waals surface area contributed by atoms with Crippen LogP contribution in [0.3, 0.4) is 0 Å². The van der Waals surface area contributed by atoms with Gasteiger partial charge in [0.25, 0.3) is 5.91 Å². The molecule has 160 valence electrons. The van der Waals surface area contributed by atoms with Crippen LogP contribution in [0.2, 0.25) is 0 Å². The van der Waals surface area contributed by atoms with E-state index in [4.69, 9.17) is 4.74 Å². The maximum absolute atomic E-state index is 12.7. The van der Waals surface area contributed by atoms with Crippen molar-refractivity contribution in [1.82, 2.24) is 19.7 Å². The van der Waals surface area contributed by atoms with Crippen LogP contribution in [0, 0.1) is 5.92 Å². The minimum Gasteiger partial charge on any atom is -0.375 e. The molecule has 0 unspecified atom stereocenters. The summed E-state index contributed by atoms with van der Waals surface area (Å²) in [5.74, 6) is 0.865. The number of piperidine rings is 1. The van der Waals surface area contributed by atoms with Crippen molar-refractivity contribution < 1.29 is 9.53 Å². The molecular formula is C23H36N4O2. The van der Waals surface area contributed by atoms with E-state index in [1.807, 2.05) is 4.90 Å². The van der Waals surface area contributed by atoms with Crippen molar-refractivity contribution in [2.24, 2.45) is 5.92 Å². The van der Waals surface area contributed by atoms with E-state index >= 15 is 0 Å². The number of hydrogen-bond acceptors (Lipinski definition) is 5. The quantitative estimate of drug-likeness (QED) is 0.777. The van der Waals surface area contributed by atoms with E-state index in [1.54, 1.807) is 24.5 Å². The van der Waals surface area contributed by atoms with E-state index in [-0.39, 0.29) is 11.5 Å². The molecule has 1 aromatic heterocycles. The van der Waals surface area contributed by atoms with Crippen LogP contribution in [0.1, 0.15) is 49.9 Å². The van der Waals surface area contributed by atoms with E-state index in [9.17, 15) is 4.79 Å². The van der Waals surface area contributed by atoms with Gasteiger partial charge in [0.05, 0.1) is 5.60 Å². The van der Waals surface area contributed by atoms with Gasteiger partial charge in [0, 0.05) is 76.4 Å². The van der Waals surface area contributed by atoms with Crippen LogP contribution in [0.4, 0.5) is 0 Å². The van der Waals surface area contributed by atoms with Gasteiger partial charge in [-0.2, -0.15) is 0 Å². The van der Waals surface area contributed by atoms with Gasteiger partial charge in [-0.15, -0.1) is 0 Å². The Morgan fingerprint density at radius 3 is 2.48 bits per heavy atom.